The predicted molar refractivity (Wildman–Crippen MR) is 380 cm³/mol. The highest BCUT2D eigenvalue weighted by atomic mass is 16.3. The Hall–Kier alpha value is -10.1. The van der Waals surface area contributed by atoms with Gasteiger partial charge in [-0.25, -0.2) is 0 Å². The van der Waals surface area contributed by atoms with Gasteiger partial charge in [0.15, 0.2) is 0 Å². The van der Waals surface area contributed by atoms with Crippen LogP contribution >= 0.6 is 0 Å². The van der Waals surface area contributed by atoms with Crippen molar-refractivity contribution >= 4 is 96.2 Å². The first kappa shape index (κ1) is 55.5. The second kappa shape index (κ2) is 21.4. The van der Waals surface area contributed by atoms with Crippen LogP contribution in [0.1, 0.15) is 79.0 Å². The van der Waals surface area contributed by atoms with Gasteiger partial charge in [0.2, 0.25) is 0 Å². The number of hydrogen-bond acceptors (Lipinski definition) is 4. The molecule has 2 aliphatic rings. The van der Waals surface area contributed by atoms with Gasteiger partial charge >= 0.3 is 0 Å². The monoisotopic (exact) mass is 1150 g/mol. The molecule has 1 aromatic heterocycles. The summed E-state index contributed by atoms with van der Waals surface area (Å²) in [6.45, 7) is 20.7. The molecule has 0 bridgehead atoms. The topological polar surface area (TPSA) is 22.9 Å². The molecule has 13 aromatic rings. The fourth-order valence-electron chi connectivity index (χ4n) is 13.7. The van der Waals surface area contributed by atoms with Crippen LogP contribution in [-0.4, -0.2) is 6.71 Å². The molecule has 0 spiro atoms. The number of anilines is 9. The first-order valence-electron chi connectivity index (χ1n) is 31.4. The second-order valence-electron chi connectivity index (χ2n) is 27.4. The highest BCUT2D eigenvalue weighted by Crippen LogP contribution is 2.50. The number of furan rings is 1. The summed E-state index contributed by atoms with van der Waals surface area (Å²) in [6.07, 6.45) is 0. The van der Waals surface area contributed by atoms with Crippen LogP contribution in [0.25, 0.3) is 66.4 Å². The Bertz CT molecular complexity index is 4820. The van der Waals surface area contributed by atoms with Crippen molar-refractivity contribution in [2.24, 2.45) is 0 Å². The average molecular weight is 1150 g/mol. The third kappa shape index (κ3) is 9.81. The maximum absolute atomic E-state index is 6.68. The van der Waals surface area contributed by atoms with E-state index in [1.807, 2.05) is 6.07 Å². The van der Waals surface area contributed by atoms with Crippen molar-refractivity contribution in [3.8, 4) is 44.5 Å². The van der Waals surface area contributed by atoms with E-state index in [0.29, 0.717) is 0 Å². The maximum Gasteiger partial charge on any atom is 0.252 e. The molecule has 432 valence electrons. The molecule has 0 unspecified atom stereocenters. The lowest BCUT2D eigenvalue weighted by molar-refractivity contribution is 0.590. The standard InChI is InChI=1S/C84H72BN3O/c1-82(2,3)61-37-44-64(45-38-61)86(74-49-39-62(83(4,5)6)51-71(74)58-26-17-12-18-27-58)67-46-47-72-76(54-67)88(66-42-34-59(35-43-66)68-29-21-30-70-69-28-19-20-31-79(69)89-81(68)70)78-53-63(84(7,8)9)52-77-80(78)85(72)73-50-60(56-24-15-11-16-25-56)36-48-75(73)87(77)65-40-32-57(33-41-65)55-22-13-10-14-23-55/h10-54H,1-9H3. The van der Waals surface area contributed by atoms with Gasteiger partial charge in [0.05, 0.1) is 5.69 Å². The Kier molecular flexibility index (Phi) is 13.3. The third-order valence-corrected chi connectivity index (χ3v) is 18.5. The first-order chi connectivity index (χ1) is 43.0. The van der Waals surface area contributed by atoms with E-state index in [-0.39, 0.29) is 23.0 Å². The Morgan fingerprint density at radius 1 is 0.326 bits per heavy atom. The van der Waals surface area contributed by atoms with Crippen LogP contribution in [0.2, 0.25) is 0 Å². The number of hydrogen-bond donors (Lipinski definition) is 0. The second-order valence-corrected chi connectivity index (χ2v) is 27.4. The highest BCUT2D eigenvalue weighted by Gasteiger charge is 2.45. The molecule has 0 aliphatic carbocycles. The lowest BCUT2D eigenvalue weighted by Gasteiger charge is -2.45. The zero-order chi connectivity index (χ0) is 60.9. The van der Waals surface area contributed by atoms with Crippen LogP contribution in [0.4, 0.5) is 51.2 Å². The molecule has 15 rings (SSSR count). The van der Waals surface area contributed by atoms with Gasteiger partial charge in [-0.05, 0) is 168 Å². The molecule has 0 atom stereocenters. The zero-order valence-corrected chi connectivity index (χ0v) is 52.3. The van der Waals surface area contributed by atoms with Gasteiger partial charge in [0, 0.05) is 67.4 Å². The molecule has 12 aromatic carbocycles. The number of benzene rings is 12. The Labute approximate surface area is 525 Å². The van der Waals surface area contributed by atoms with Crippen molar-refractivity contribution in [2.75, 3.05) is 14.7 Å². The molecule has 0 radical (unpaired) electrons. The van der Waals surface area contributed by atoms with E-state index in [2.05, 4.69) is 344 Å². The summed E-state index contributed by atoms with van der Waals surface area (Å²) in [5.74, 6) is 0. The van der Waals surface area contributed by atoms with Crippen molar-refractivity contribution in [1.82, 2.24) is 0 Å². The molecule has 0 N–H and O–H groups in total. The van der Waals surface area contributed by atoms with Crippen molar-refractivity contribution in [3.63, 3.8) is 0 Å². The average Bonchev–Trinajstić information content (AvgIpc) is 1.15. The molecule has 2 aliphatic heterocycles. The molecule has 5 heteroatoms. The number of para-hydroxylation sites is 2. The number of rotatable bonds is 9. The van der Waals surface area contributed by atoms with E-state index >= 15 is 0 Å². The fraction of sp³-hybridized carbons (Fsp3) is 0.143. The quantitative estimate of drug-likeness (QED) is 0.134. The maximum atomic E-state index is 6.68. The highest BCUT2D eigenvalue weighted by molar-refractivity contribution is 7.00. The van der Waals surface area contributed by atoms with E-state index in [1.165, 1.54) is 77.8 Å². The van der Waals surface area contributed by atoms with Crippen LogP contribution < -0.4 is 31.1 Å². The summed E-state index contributed by atoms with van der Waals surface area (Å²) in [4.78, 5) is 7.64. The lowest BCUT2D eigenvalue weighted by Crippen LogP contribution is -2.61. The van der Waals surface area contributed by atoms with Gasteiger partial charge in [-0.15, -0.1) is 0 Å². The fourth-order valence-corrected chi connectivity index (χ4v) is 13.7. The van der Waals surface area contributed by atoms with Gasteiger partial charge < -0.3 is 19.1 Å². The summed E-state index contributed by atoms with van der Waals surface area (Å²) in [5, 5.41) is 2.24. The Morgan fingerprint density at radius 3 is 1.46 bits per heavy atom. The van der Waals surface area contributed by atoms with Gasteiger partial charge in [-0.2, -0.15) is 0 Å². The smallest absolute Gasteiger partial charge is 0.252 e. The molecular weight excluding hydrogens is 1080 g/mol. The minimum Gasteiger partial charge on any atom is -0.455 e. The largest absolute Gasteiger partial charge is 0.455 e. The van der Waals surface area contributed by atoms with Crippen LogP contribution in [0.3, 0.4) is 0 Å². The van der Waals surface area contributed by atoms with E-state index in [9.17, 15) is 0 Å². The van der Waals surface area contributed by atoms with E-state index < -0.39 is 0 Å². The molecular formula is C84H72BN3O. The minimum absolute atomic E-state index is 0.0244. The molecule has 0 fully saturated rings. The van der Waals surface area contributed by atoms with Gasteiger partial charge in [0.1, 0.15) is 11.2 Å². The van der Waals surface area contributed by atoms with Crippen LogP contribution in [0.5, 0.6) is 0 Å². The van der Waals surface area contributed by atoms with Crippen LogP contribution in [0, 0.1) is 0 Å². The van der Waals surface area contributed by atoms with Crippen molar-refractivity contribution in [3.05, 3.63) is 290 Å². The molecule has 0 saturated carbocycles. The first-order valence-corrected chi connectivity index (χ1v) is 31.4. The summed E-state index contributed by atoms with van der Waals surface area (Å²) >= 11 is 0. The van der Waals surface area contributed by atoms with Gasteiger partial charge in [-0.1, -0.05) is 250 Å². The zero-order valence-electron chi connectivity index (χ0n) is 52.3. The SMILES string of the molecule is CC(C)(C)c1ccc(N(c2ccc3c(c2)N(c2ccc(-c4cccc5c4oc4ccccc45)cc2)c2cc(C(C)(C)C)cc4c2B3c2cc(-c3ccccc3)ccc2N4c2ccc(-c3ccccc3)cc2)c2ccc(C(C)(C)C)cc2-c2ccccc2)cc1. The Balaban J connectivity index is 1.01. The molecule has 4 nitrogen and oxygen atoms in total. The minimum atomic E-state index is -0.215. The van der Waals surface area contributed by atoms with Gasteiger partial charge in [0.25, 0.3) is 6.71 Å². The summed E-state index contributed by atoms with van der Waals surface area (Å²) < 4.78 is 6.68. The Morgan fingerprint density at radius 2 is 0.831 bits per heavy atom. The van der Waals surface area contributed by atoms with Crippen LogP contribution in [0.15, 0.2) is 277 Å². The summed E-state index contributed by atoms with van der Waals surface area (Å²) in [7, 11) is 0. The van der Waals surface area contributed by atoms with Crippen molar-refractivity contribution in [2.45, 2.75) is 78.6 Å². The normalized spacial score (nSPS) is 12.9. The van der Waals surface area contributed by atoms with Gasteiger partial charge in [-0.3, -0.25) is 0 Å². The van der Waals surface area contributed by atoms with Crippen LogP contribution in [-0.2, 0) is 16.2 Å². The van der Waals surface area contributed by atoms with E-state index in [1.54, 1.807) is 0 Å². The predicted octanol–water partition coefficient (Wildman–Crippen LogP) is 21.7. The molecule has 0 amide bonds. The van der Waals surface area contributed by atoms with E-state index in [4.69, 9.17) is 4.42 Å². The summed E-state index contributed by atoms with van der Waals surface area (Å²) in [5.41, 5.74) is 28.5. The number of fused-ring (bicyclic) bond motifs is 7. The lowest BCUT2D eigenvalue weighted by atomic mass is 9.33. The van der Waals surface area contributed by atoms with Crippen molar-refractivity contribution < 1.29 is 4.42 Å². The summed E-state index contributed by atoms with van der Waals surface area (Å²) in [6, 6.07) is 102. The third-order valence-electron chi connectivity index (χ3n) is 18.5. The molecule has 89 heavy (non-hydrogen) atoms. The number of nitrogens with zero attached hydrogens (tertiary/aromatic N) is 3. The van der Waals surface area contributed by atoms with Crippen molar-refractivity contribution in [1.29, 1.82) is 0 Å². The van der Waals surface area contributed by atoms with E-state index in [0.717, 1.165) is 72.9 Å². The molecule has 0 saturated heterocycles. The molecule has 3 heterocycles.